The summed E-state index contributed by atoms with van der Waals surface area (Å²) in [5, 5.41) is 8.65. The number of carbonyl (C=O) groups is 1. The number of hydroxylamine groups is 1. The number of imidazole rings is 1. The number of carbonyl (C=O) groups excluding carboxylic acids is 1. The first-order chi connectivity index (χ1) is 14.0. The quantitative estimate of drug-likeness (QED) is 0.403. The lowest BCUT2D eigenvalue weighted by molar-refractivity contribution is -0.124. The van der Waals surface area contributed by atoms with Crippen LogP contribution in [0.25, 0.3) is 28.5 Å². The van der Waals surface area contributed by atoms with Gasteiger partial charge in [-0.05, 0) is 56.3 Å². The molecule has 0 bridgehead atoms. The molecule has 29 heavy (non-hydrogen) atoms. The second-order valence-electron chi connectivity index (χ2n) is 7.43. The first kappa shape index (κ1) is 19.3. The summed E-state index contributed by atoms with van der Waals surface area (Å²) in [6.07, 6.45) is 5.01. The third kappa shape index (κ3) is 4.06. The van der Waals surface area contributed by atoms with Crippen molar-refractivity contribution in [1.82, 2.24) is 19.9 Å². The van der Waals surface area contributed by atoms with Crippen molar-refractivity contribution in [3.63, 3.8) is 0 Å². The van der Waals surface area contributed by atoms with Crippen molar-refractivity contribution in [2.45, 2.75) is 18.9 Å². The molecule has 7 heteroatoms. The third-order valence-electron chi connectivity index (χ3n) is 5.30. The Balaban J connectivity index is 1.82. The number of nitrogens with one attached hydrogen (secondary N) is 1. The molecule has 2 aromatic carbocycles. The fourth-order valence-electron chi connectivity index (χ4n) is 3.99. The number of piperidine rings is 1. The van der Waals surface area contributed by atoms with E-state index < -0.39 is 5.91 Å². The van der Waals surface area contributed by atoms with Crippen molar-refractivity contribution in [2.75, 3.05) is 20.1 Å². The van der Waals surface area contributed by atoms with Crippen molar-refractivity contribution in [2.24, 2.45) is 0 Å². The molecule has 2 N–H and O–H groups in total. The Morgan fingerprint density at radius 3 is 2.97 bits per heavy atom. The Labute approximate surface area is 168 Å². The Morgan fingerprint density at radius 2 is 2.17 bits per heavy atom. The molecule has 1 atom stereocenters. The van der Waals surface area contributed by atoms with Gasteiger partial charge in [0.2, 0.25) is 0 Å². The van der Waals surface area contributed by atoms with Crippen LogP contribution in [0.2, 0.25) is 0 Å². The summed E-state index contributed by atoms with van der Waals surface area (Å²) in [6, 6.07) is 12.6. The number of benzene rings is 2. The topological polar surface area (TPSA) is 70.4 Å². The molecule has 1 saturated heterocycles. The molecule has 1 aliphatic heterocycles. The highest BCUT2D eigenvalue weighted by Crippen LogP contribution is 2.33. The van der Waals surface area contributed by atoms with Crippen LogP contribution in [0.1, 0.15) is 24.4 Å². The monoisotopic (exact) mass is 394 g/mol. The molecule has 0 aliphatic carbocycles. The van der Waals surface area contributed by atoms with Gasteiger partial charge in [0.05, 0.1) is 11.0 Å². The van der Waals surface area contributed by atoms with Crippen LogP contribution in [0.3, 0.4) is 0 Å². The van der Waals surface area contributed by atoms with Crippen molar-refractivity contribution in [3.8, 4) is 11.4 Å². The number of rotatable bonds is 4. The molecule has 0 saturated carbocycles. The molecule has 1 aromatic heterocycles. The lowest BCUT2D eigenvalue weighted by Gasteiger charge is -2.32. The summed E-state index contributed by atoms with van der Waals surface area (Å²) in [4.78, 5) is 18.3. The van der Waals surface area contributed by atoms with Crippen LogP contribution in [-0.2, 0) is 4.79 Å². The molecule has 3 aromatic rings. The number of likely N-dealkylation sites (tertiary alicyclic amines) is 1. The van der Waals surface area contributed by atoms with Crippen molar-refractivity contribution in [3.05, 3.63) is 59.9 Å². The number of aromatic nitrogens is 2. The van der Waals surface area contributed by atoms with Crippen LogP contribution < -0.4 is 5.48 Å². The van der Waals surface area contributed by atoms with E-state index in [0.717, 1.165) is 48.4 Å². The Bertz CT molecular complexity index is 1080. The van der Waals surface area contributed by atoms with Gasteiger partial charge in [0.25, 0.3) is 5.91 Å². The number of likely N-dealkylation sites (N-methyl/N-ethyl adjacent to an activating group) is 1. The van der Waals surface area contributed by atoms with Gasteiger partial charge in [-0.15, -0.1) is 0 Å². The highest BCUT2D eigenvalue weighted by molar-refractivity contribution is 5.91. The Hall–Kier alpha value is -3.03. The van der Waals surface area contributed by atoms with Gasteiger partial charge < -0.3 is 9.47 Å². The van der Waals surface area contributed by atoms with Crippen LogP contribution in [0.15, 0.2) is 48.5 Å². The number of hydrogen-bond acceptors (Lipinski definition) is 4. The van der Waals surface area contributed by atoms with E-state index in [-0.39, 0.29) is 11.9 Å². The van der Waals surface area contributed by atoms with Crippen molar-refractivity contribution in [1.29, 1.82) is 0 Å². The highest BCUT2D eigenvalue weighted by atomic mass is 19.1. The molecular formula is C22H23FN4O2. The maximum absolute atomic E-state index is 13.8. The first-order valence-electron chi connectivity index (χ1n) is 9.64. The number of hydrogen-bond donors (Lipinski definition) is 2. The molecule has 1 aliphatic rings. The third-order valence-corrected chi connectivity index (χ3v) is 5.30. The predicted octanol–water partition coefficient (Wildman–Crippen LogP) is 3.63. The van der Waals surface area contributed by atoms with E-state index in [9.17, 15) is 9.18 Å². The van der Waals surface area contributed by atoms with E-state index in [0.29, 0.717) is 5.52 Å². The van der Waals surface area contributed by atoms with E-state index in [1.165, 1.54) is 18.2 Å². The lowest BCUT2D eigenvalue weighted by Crippen LogP contribution is -2.33. The second kappa shape index (κ2) is 8.14. The second-order valence-corrected chi connectivity index (χ2v) is 7.43. The van der Waals surface area contributed by atoms with Gasteiger partial charge in [-0.2, -0.15) is 0 Å². The summed E-state index contributed by atoms with van der Waals surface area (Å²) in [7, 11) is 2.11. The van der Waals surface area contributed by atoms with E-state index in [1.807, 2.05) is 24.3 Å². The number of amides is 1. The van der Waals surface area contributed by atoms with Crippen LogP contribution in [0, 0.1) is 5.82 Å². The fraction of sp³-hybridized carbons (Fsp3) is 0.273. The van der Waals surface area contributed by atoms with E-state index in [4.69, 9.17) is 10.2 Å². The molecule has 150 valence electrons. The minimum absolute atomic E-state index is 0.249. The minimum Gasteiger partial charge on any atom is -0.320 e. The average Bonchev–Trinajstić information content (AvgIpc) is 3.10. The largest absolute Gasteiger partial charge is 0.320 e. The Morgan fingerprint density at radius 1 is 1.31 bits per heavy atom. The molecule has 0 spiro atoms. The number of halogens is 1. The molecular weight excluding hydrogens is 371 g/mol. The van der Waals surface area contributed by atoms with Crippen molar-refractivity contribution < 1.29 is 14.4 Å². The van der Waals surface area contributed by atoms with Gasteiger partial charge >= 0.3 is 0 Å². The van der Waals surface area contributed by atoms with Crippen LogP contribution in [0.5, 0.6) is 0 Å². The highest BCUT2D eigenvalue weighted by Gasteiger charge is 2.24. The van der Waals surface area contributed by atoms with Gasteiger partial charge in [-0.1, -0.05) is 18.2 Å². The fourth-order valence-corrected chi connectivity index (χ4v) is 3.99. The standard InChI is InChI=1S/C22H23FN4O2/c1-26-11-3-6-18(14-26)27-20-9-8-17(23)13-19(20)24-22(27)16-5-2-4-15(12-16)7-10-21(28)25-29/h2,4-5,7-10,12-13,18,29H,3,6,11,14H2,1H3,(H,25,28)/t18-/m1/s1. The SMILES string of the molecule is CN1CCC[C@@H](n2c(-c3cccc(C=CC(=O)NO)c3)nc3cc(F)ccc32)C1. The zero-order valence-electron chi connectivity index (χ0n) is 16.2. The molecule has 4 rings (SSSR count). The number of fused-ring (bicyclic) bond motifs is 1. The smallest absolute Gasteiger partial charge is 0.267 e. The minimum atomic E-state index is -0.594. The number of nitrogens with zero attached hydrogens (tertiary/aromatic N) is 3. The van der Waals surface area contributed by atoms with Gasteiger partial charge in [0, 0.05) is 30.3 Å². The van der Waals surface area contributed by atoms with Gasteiger partial charge in [0.1, 0.15) is 11.6 Å². The molecule has 0 radical (unpaired) electrons. The normalized spacial score (nSPS) is 17.8. The summed E-state index contributed by atoms with van der Waals surface area (Å²) < 4.78 is 16.0. The van der Waals surface area contributed by atoms with Crippen LogP contribution >= 0.6 is 0 Å². The molecule has 6 nitrogen and oxygen atoms in total. The van der Waals surface area contributed by atoms with Gasteiger partial charge in [-0.3, -0.25) is 10.0 Å². The zero-order chi connectivity index (χ0) is 20.4. The maximum atomic E-state index is 13.8. The Kier molecular flexibility index (Phi) is 5.42. The molecule has 1 amide bonds. The first-order valence-corrected chi connectivity index (χ1v) is 9.64. The average molecular weight is 394 g/mol. The van der Waals surface area contributed by atoms with Crippen LogP contribution in [0.4, 0.5) is 4.39 Å². The van der Waals surface area contributed by atoms with E-state index >= 15 is 0 Å². The maximum Gasteiger partial charge on any atom is 0.267 e. The summed E-state index contributed by atoms with van der Waals surface area (Å²) in [5.74, 6) is -0.114. The van der Waals surface area contributed by atoms with Gasteiger partial charge in [0.15, 0.2) is 0 Å². The summed E-state index contributed by atoms with van der Waals surface area (Å²) in [6.45, 7) is 1.98. The van der Waals surface area contributed by atoms with Gasteiger partial charge in [-0.25, -0.2) is 14.9 Å². The molecule has 1 fully saturated rings. The van der Waals surface area contributed by atoms with Crippen LogP contribution in [-0.4, -0.2) is 45.7 Å². The van der Waals surface area contributed by atoms with Crippen molar-refractivity contribution >= 4 is 23.0 Å². The zero-order valence-corrected chi connectivity index (χ0v) is 16.2. The molecule has 2 heterocycles. The lowest BCUT2D eigenvalue weighted by atomic mass is 10.0. The van der Waals surface area contributed by atoms with E-state index in [2.05, 4.69) is 16.5 Å². The van der Waals surface area contributed by atoms with E-state index in [1.54, 1.807) is 17.6 Å². The summed E-state index contributed by atoms with van der Waals surface area (Å²) >= 11 is 0. The molecule has 0 unspecified atom stereocenters. The predicted molar refractivity (Wildman–Crippen MR) is 110 cm³/mol. The summed E-state index contributed by atoms with van der Waals surface area (Å²) in [5.41, 5.74) is 4.82.